The lowest BCUT2D eigenvalue weighted by molar-refractivity contribution is -0.137. The number of carbonyl (C=O) groups excluding carboxylic acids is 3. The molecule has 13 heteroatoms. The number of benzene rings is 4. The van der Waals surface area contributed by atoms with Gasteiger partial charge in [0.15, 0.2) is 0 Å². The molecule has 0 aliphatic rings. The van der Waals surface area contributed by atoms with Crippen LogP contribution < -0.4 is 16.0 Å². The largest absolute Gasteiger partial charge is 0.416 e. The number of amides is 3. The Balaban J connectivity index is 1.47. The fourth-order valence-corrected chi connectivity index (χ4v) is 4.87. The minimum Gasteiger partial charge on any atom is -0.324 e. The molecule has 3 amide bonds. The van der Waals surface area contributed by atoms with Crippen LogP contribution in [0.1, 0.15) is 21.5 Å². The van der Waals surface area contributed by atoms with Gasteiger partial charge in [-0.25, -0.2) is 4.39 Å². The smallest absolute Gasteiger partial charge is 0.324 e. The summed E-state index contributed by atoms with van der Waals surface area (Å²) >= 11 is 13.1. The molecule has 0 aliphatic heterocycles. The van der Waals surface area contributed by atoms with Gasteiger partial charge in [-0.2, -0.15) is 13.2 Å². The average molecular weight is 662 g/mol. The number of hydrogen-bond donors (Lipinski definition) is 3. The van der Waals surface area contributed by atoms with Crippen LogP contribution in [0, 0.1) is 5.82 Å². The van der Waals surface area contributed by atoms with Gasteiger partial charge in [0.1, 0.15) is 11.5 Å². The lowest BCUT2D eigenvalue weighted by atomic mass is 10.1. The van der Waals surface area contributed by atoms with E-state index in [0.717, 1.165) is 42.1 Å². The number of thioether (sulfide) groups is 1. The number of anilines is 2. The van der Waals surface area contributed by atoms with Gasteiger partial charge in [-0.05, 0) is 66.7 Å². The Bertz CT molecular complexity index is 1710. The lowest BCUT2D eigenvalue weighted by Gasteiger charge is -2.13. The van der Waals surface area contributed by atoms with Crippen LogP contribution >= 0.6 is 35.0 Å². The van der Waals surface area contributed by atoms with Gasteiger partial charge in [0.2, 0.25) is 5.91 Å². The summed E-state index contributed by atoms with van der Waals surface area (Å²) in [5.41, 5.74) is -1.00. The summed E-state index contributed by atoms with van der Waals surface area (Å²) in [5.74, 6) is -2.90. The molecule has 4 rings (SSSR count). The maximum atomic E-state index is 14.5. The SMILES string of the molecule is O=C(CSc1cccc(NC(=O)/C(=C\c2c(F)cccc2Cl)NC(=O)c2ccccc2)c1)Nc1cc(C(F)(F)F)ccc1Cl. The number of nitrogens with one attached hydrogen (secondary N) is 3. The van der Waals surface area contributed by atoms with Crippen LogP contribution in [0.2, 0.25) is 10.0 Å². The molecule has 0 unspecified atom stereocenters. The van der Waals surface area contributed by atoms with Crippen molar-refractivity contribution in [3.63, 3.8) is 0 Å². The van der Waals surface area contributed by atoms with Crippen LogP contribution in [0.15, 0.2) is 102 Å². The predicted molar refractivity (Wildman–Crippen MR) is 164 cm³/mol. The van der Waals surface area contributed by atoms with E-state index in [-0.39, 0.29) is 44.0 Å². The van der Waals surface area contributed by atoms with Crippen LogP contribution in [0.3, 0.4) is 0 Å². The zero-order valence-corrected chi connectivity index (χ0v) is 24.7. The lowest BCUT2D eigenvalue weighted by Crippen LogP contribution is -2.30. The molecular weight excluding hydrogens is 641 g/mol. The number of rotatable bonds is 9. The van der Waals surface area contributed by atoms with E-state index < -0.39 is 35.3 Å². The first-order valence-electron chi connectivity index (χ1n) is 12.6. The van der Waals surface area contributed by atoms with Crippen molar-refractivity contribution >= 4 is 70.1 Å². The molecule has 0 aliphatic carbocycles. The molecule has 0 heterocycles. The summed E-state index contributed by atoms with van der Waals surface area (Å²) in [6, 6.07) is 21.0. The highest BCUT2D eigenvalue weighted by Crippen LogP contribution is 2.34. The summed E-state index contributed by atoms with van der Waals surface area (Å²) in [4.78, 5) is 39.1. The van der Waals surface area contributed by atoms with Crippen LogP contribution in [0.25, 0.3) is 6.08 Å². The van der Waals surface area contributed by atoms with Crippen molar-refractivity contribution < 1.29 is 31.9 Å². The number of hydrogen-bond acceptors (Lipinski definition) is 4. The molecule has 6 nitrogen and oxygen atoms in total. The third-order valence-corrected chi connectivity index (χ3v) is 7.50. The van der Waals surface area contributed by atoms with E-state index in [2.05, 4.69) is 16.0 Å². The van der Waals surface area contributed by atoms with Crippen molar-refractivity contribution in [2.45, 2.75) is 11.1 Å². The highest BCUT2D eigenvalue weighted by molar-refractivity contribution is 8.00. The molecule has 44 heavy (non-hydrogen) atoms. The van der Waals surface area contributed by atoms with Gasteiger partial charge in [0, 0.05) is 21.7 Å². The van der Waals surface area contributed by atoms with Gasteiger partial charge in [0.25, 0.3) is 11.8 Å². The van der Waals surface area contributed by atoms with Gasteiger partial charge < -0.3 is 16.0 Å². The maximum Gasteiger partial charge on any atom is 0.416 e. The van der Waals surface area contributed by atoms with E-state index in [1.807, 2.05) is 0 Å². The van der Waals surface area contributed by atoms with Crippen LogP contribution in [0.4, 0.5) is 28.9 Å². The van der Waals surface area contributed by atoms with Gasteiger partial charge in [-0.15, -0.1) is 11.8 Å². The summed E-state index contributed by atoms with van der Waals surface area (Å²) in [6.07, 6.45) is -3.49. The van der Waals surface area contributed by atoms with Crippen LogP contribution in [0.5, 0.6) is 0 Å². The zero-order valence-electron chi connectivity index (χ0n) is 22.3. The second-order valence-electron chi connectivity index (χ2n) is 9.02. The maximum absolute atomic E-state index is 14.5. The summed E-state index contributed by atoms with van der Waals surface area (Å²) < 4.78 is 53.6. The Morgan fingerprint density at radius 2 is 1.55 bits per heavy atom. The van der Waals surface area contributed by atoms with Crippen LogP contribution in [-0.4, -0.2) is 23.5 Å². The molecule has 0 bridgehead atoms. The molecule has 0 saturated heterocycles. The Morgan fingerprint density at radius 1 is 0.818 bits per heavy atom. The first-order valence-corrected chi connectivity index (χ1v) is 14.4. The second-order valence-corrected chi connectivity index (χ2v) is 10.9. The molecule has 0 saturated carbocycles. The van der Waals surface area contributed by atoms with Crippen LogP contribution in [-0.2, 0) is 15.8 Å². The topological polar surface area (TPSA) is 87.3 Å². The van der Waals surface area contributed by atoms with Gasteiger partial charge in [-0.3, -0.25) is 14.4 Å². The van der Waals surface area contributed by atoms with E-state index in [0.29, 0.717) is 4.90 Å². The van der Waals surface area contributed by atoms with Crippen molar-refractivity contribution in [3.8, 4) is 0 Å². The Hall–Kier alpha value is -4.32. The van der Waals surface area contributed by atoms with E-state index in [9.17, 15) is 31.9 Å². The molecule has 0 aromatic heterocycles. The number of alkyl halides is 3. The summed E-state index contributed by atoms with van der Waals surface area (Å²) in [7, 11) is 0. The molecular formula is C31H21Cl2F4N3O3S. The molecule has 0 fully saturated rings. The van der Waals surface area contributed by atoms with E-state index in [1.165, 1.54) is 12.1 Å². The van der Waals surface area contributed by atoms with Gasteiger partial charge >= 0.3 is 6.18 Å². The molecule has 0 radical (unpaired) electrons. The molecule has 0 atom stereocenters. The first-order chi connectivity index (χ1) is 20.9. The normalized spacial score (nSPS) is 11.5. The first kappa shape index (κ1) is 32.6. The van der Waals surface area contributed by atoms with Crippen molar-refractivity contribution in [3.05, 3.63) is 129 Å². The molecule has 3 N–H and O–H groups in total. The highest BCUT2D eigenvalue weighted by Gasteiger charge is 2.31. The predicted octanol–water partition coefficient (Wildman–Crippen LogP) is 8.29. The number of halogens is 6. The monoisotopic (exact) mass is 661 g/mol. The van der Waals surface area contributed by atoms with E-state index >= 15 is 0 Å². The van der Waals surface area contributed by atoms with Crippen molar-refractivity contribution in [1.82, 2.24) is 5.32 Å². The van der Waals surface area contributed by atoms with E-state index in [1.54, 1.807) is 54.6 Å². The third kappa shape index (κ3) is 8.85. The molecule has 0 spiro atoms. The fraction of sp³-hybridized carbons (Fsp3) is 0.0645. The van der Waals surface area contributed by atoms with Crippen molar-refractivity contribution in [2.24, 2.45) is 0 Å². The molecule has 226 valence electrons. The molecule has 4 aromatic carbocycles. The highest BCUT2D eigenvalue weighted by atomic mass is 35.5. The zero-order chi connectivity index (χ0) is 31.9. The van der Waals surface area contributed by atoms with Crippen molar-refractivity contribution in [2.75, 3.05) is 16.4 Å². The quantitative estimate of drug-likeness (QED) is 0.0957. The van der Waals surface area contributed by atoms with Gasteiger partial charge in [0.05, 0.1) is 27.0 Å². The Labute approximate surface area is 263 Å². The Morgan fingerprint density at radius 3 is 2.25 bits per heavy atom. The fourth-order valence-electron chi connectivity index (χ4n) is 3.73. The molecule has 4 aromatic rings. The summed E-state index contributed by atoms with van der Waals surface area (Å²) in [6.45, 7) is 0. The summed E-state index contributed by atoms with van der Waals surface area (Å²) in [5, 5.41) is 7.46. The van der Waals surface area contributed by atoms with Crippen molar-refractivity contribution in [1.29, 1.82) is 0 Å². The average Bonchev–Trinajstić information content (AvgIpc) is 2.98. The number of carbonyl (C=O) groups is 3. The standard InChI is InChI=1S/C31H21Cl2F4N3O3S/c32-23-10-5-11-25(34)22(23)16-27(40-29(42)18-6-2-1-3-7-18)30(43)38-20-8-4-9-21(15-20)44-17-28(41)39-26-14-19(31(35,36)37)12-13-24(26)33/h1-16H,17H2,(H,38,43)(H,39,41)(H,40,42)/b27-16+. The Kier molecular flexibility index (Phi) is 10.7. The van der Waals surface area contributed by atoms with E-state index in [4.69, 9.17) is 23.2 Å². The second kappa shape index (κ2) is 14.4. The third-order valence-electron chi connectivity index (χ3n) is 5.85. The van der Waals surface area contributed by atoms with Gasteiger partial charge in [-0.1, -0.05) is 53.5 Å². The minimum absolute atomic E-state index is 0.0207. The minimum atomic E-state index is -4.61.